The summed E-state index contributed by atoms with van der Waals surface area (Å²) in [7, 11) is 0. The van der Waals surface area contributed by atoms with Crippen molar-refractivity contribution in [2.45, 2.75) is 26.4 Å². The molecule has 1 saturated carbocycles. The van der Waals surface area contributed by atoms with Crippen LogP contribution < -0.4 is 0 Å². The van der Waals surface area contributed by atoms with Gasteiger partial charge in [0.15, 0.2) is 0 Å². The topological polar surface area (TPSA) is 95.5 Å². The third kappa shape index (κ3) is 3.44. The first-order chi connectivity index (χ1) is 12.5. The van der Waals surface area contributed by atoms with Crippen LogP contribution in [0.15, 0.2) is 18.2 Å². The van der Waals surface area contributed by atoms with Gasteiger partial charge in [-0.25, -0.2) is 4.98 Å². The molecule has 0 unspecified atom stereocenters. The highest BCUT2D eigenvalue weighted by atomic mass is 16.5. The van der Waals surface area contributed by atoms with Crippen molar-refractivity contribution in [2.24, 2.45) is 17.8 Å². The van der Waals surface area contributed by atoms with Crippen LogP contribution >= 0.6 is 0 Å². The second-order valence-corrected chi connectivity index (χ2v) is 7.44. The lowest BCUT2D eigenvalue weighted by molar-refractivity contribution is -0.143. The van der Waals surface area contributed by atoms with Gasteiger partial charge in [-0.1, -0.05) is 6.07 Å². The molecule has 0 bridgehead atoms. The van der Waals surface area contributed by atoms with E-state index in [2.05, 4.69) is 9.97 Å². The minimum absolute atomic E-state index is 0.0558. The van der Waals surface area contributed by atoms with Gasteiger partial charge >= 0.3 is 5.97 Å². The molecule has 26 heavy (non-hydrogen) atoms. The predicted molar refractivity (Wildman–Crippen MR) is 94.4 cm³/mol. The van der Waals surface area contributed by atoms with E-state index in [-0.39, 0.29) is 25.0 Å². The van der Waals surface area contributed by atoms with Crippen LogP contribution in [-0.4, -0.2) is 51.5 Å². The Morgan fingerprint density at radius 3 is 2.88 bits per heavy atom. The number of nitrogens with one attached hydrogen (secondary N) is 1. The number of likely N-dealkylation sites (tertiary alicyclic amines) is 1. The third-order valence-electron chi connectivity index (χ3n) is 5.41. The zero-order chi connectivity index (χ0) is 18.3. The van der Waals surface area contributed by atoms with Crippen molar-refractivity contribution in [1.29, 1.82) is 0 Å². The molecule has 1 amide bonds. The van der Waals surface area contributed by atoms with Crippen molar-refractivity contribution in [3.63, 3.8) is 0 Å². The molecule has 1 aromatic heterocycles. The molecule has 1 saturated heterocycles. The molecule has 1 aliphatic carbocycles. The average Bonchev–Trinajstić information content (AvgIpc) is 3.21. The lowest BCUT2D eigenvalue weighted by Crippen LogP contribution is -2.33. The molecule has 7 heteroatoms. The number of aromatic amines is 1. The van der Waals surface area contributed by atoms with Crippen LogP contribution in [0.3, 0.4) is 0 Å². The van der Waals surface area contributed by atoms with E-state index >= 15 is 0 Å². The molecular weight excluding hydrogens is 334 g/mol. The first-order valence-corrected chi connectivity index (χ1v) is 9.05. The minimum atomic E-state index is -0.796. The van der Waals surface area contributed by atoms with Crippen LogP contribution in [0, 0.1) is 24.7 Å². The van der Waals surface area contributed by atoms with E-state index in [1.807, 2.05) is 25.1 Å². The molecule has 0 spiro atoms. The number of carbonyl (C=O) groups excluding carboxylic acids is 1. The largest absolute Gasteiger partial charge is 0.481 e. The number of rotatable bonds is 6. The predicted octanol–water partition coefficient (Wildman–Crippen LogP) is 1.96. The minimum Gasteiger partial charge on any atom is -0.481 e. The number of benzene rings is 1. The van der Waals surface area contributed by atoms with E-state index in [1.54, 1.807) is 4.90 Å². The smallest absolute Gasteiger partial charge is 0.308 e. The van der Waals surface area contributed by atoms with Crippen molar-refractivity contribution in [3.8, 4) is 0 Å². The number of aliphatic carboxylic acids is 1. The first-order valence-electron chi connectivity index (χ1n) is 9.05. The molecule has 1 aliphatic heterocycles. The fourth-order valence-corrected chi connectivity index (χ4v) is 3.87. The molecule has 2 heterocycles. The Labute approximate surface area is 151 Å². The highest BCUT2D eigenvalue weighted by Gasteiger charge is 2.46. The number of nitrogens with zero attached hydrogens (tertiary/aromatic N) is 2. The molecule has 2 atom stereocenters. The van der Waals surface area contributed by atoms with Gasteiger partial charge in [-0.05, 0) is 49.3 Å². The van der Waals surface area contributed by atoms with Gasteiger partial charge in [0.05, 0.1) is 17.0 Å². The Morgan fingerprint density at radius 1 is 1.35 bits per heavy atom. The zero-order valence-corrected chi connectivity index (χ0v) is 14.8. The standard InChI is InChI=1S/C19H23N3O4/c1-11-2-5-15-16(6-11)21-17(20-15)9-26-10-18(23)22-7-13(12-3-4-12)14(8-22)19(24)25/h2,5-6,12-14H,3-4,7-10H2,1H3,(H,20,21)(H,24,25)/t13-,14+/m0/s1. The van der Waals surface area contributed by atoms with E-state index < -0.39 is 11.9 Å². The van der Waals surface area contributed by atoms with Gasteiger partial charge in [0.25, 0.3) is 0 Å². The maximum absolute atomic E-state index is 12.4. The summed E-state index contributed by atoms with van der Waals surface area (Å²) >= 11 is 0. The van der Waals surface area contributed by atoms with Crippen LogP contribution in [-0.2, 0) is 20.9 Å². The van der Waals surface area contributed by atoms with Crippen molar-refractivity contribution >= 4 is 22.9 Å². The molecule has 7 nitrogen and oxygen atoms in total. The highest BCUT2D eigenvalue weighted by Crippen LogP contribution is 2.44. The molecule has 0 radical (unpaired) electrons. The Kier molecular flexibility index (Phi) is 4.40. The lowest BCUT2D eigenvalue weighted by atomic mass is 9.92. The Balaban J connectivity index is 1.31. The Morgan fingerprint density at radius 2 is 2.15 bits per heavy atom. The van der Waals surface area contributed by atoms with E-state index in [0.29, 0.717) is 24.8 Å². The maximum atomic E-state index is 12.4. The summed E-state index contributed by atoms with van der Waals surface area (Å²) in [6, 6.07) is 5.97. The molecule has 4 rings (SSSR count). The summed E-state index contributed by atoms with van der Waals surface area (Å²) < 4.78 is 5.53. The van der Waals surface area contributed by atoms with Crippen LogP contribution in [0.4, 0.5) is 0 Å². The molecule has 2 aromatic rings. The van der Waals surface area contributed by atoms with Gasteiger partial charge in [-0.15, -0.1) is 0 Å². The summed E-state index contributed by atoms with van der Waals surface area (Å²) in [5.74, 6) is -0.143. The number of hydrogen-bond acceptors (Lipinski definition) is 4. The molecule has 2 fully saturated rings. The van der Waals surface area contributed by atoms with Crippen molar-refractivity contribution < 1.29 is 19.4 Å². The number of carboxylic acids is 1. The normalized spacial score (nSPS) is 22.9. The SMILES string of the molecule is Cc1ccc2nc(COCC(=O)N3C[C@@H](C(=O)O)[C@H](C4CC4)C3)[nH]c2c1. The first kappa shape index (κ1) is 17.0. The fraction of sp³-hybridized carbons (Fsp3) is 0.526. The number of amides is 1. The van der Waals surface area contributed by atoms with Gasteiger partial charge in [-0.3, -0.25) is 9.59 Å². The quantitative estimate of drug-likeness (QED) is 0.824. The highest BCUT2D eigenvalue weighted by molar-refractivity contribution is 5.80. The number of carboxylic acid groups (broad SMARTS) is 1. The number of aryl methyl sites for hydroxylation is 1. The van der Waals surface area contributed by atoms with Gasteiger partial charge in [0, 0.05) is 13.1 Å². The second kappa shape index (κ2) is 6.72. The summed E-state index contributed by atoms with van der Waals surface area (Å²) in [4.78, 5) is 33.1. The summed E-state index contributed by atoms with van der Waals surface area (Å²) in [6.07, 6.45) is 2.16. The Hall–Kier alpha value is -2.41. The summed E-state index contributed by atoms with van der Waals surface area (Å²) in [5, 5.41) is 9.39. The van der Waals surface area contributed by atoms with Gasteiger partial charge in [-0.2, -0.15) is 0 Å². The van der Waals surface area contributed by atoms with Crippen molar-refractivity contribution in [2.75, 3.05) is 19.7 Å². The summed E-state index contributed by atoms with van der Waals surface area (Å²) in [6.45, 7) is 3.02. The van der Waals surface area contributed by atoms with Gasteiger partial charge in [0.1, 0.15) is 19.0 Å². The molecular formula is C19H23N3O4. The summed E-state index contributed by atoms with van der Waals surface area (Å²) in [5.41, 5.74) is 2.97. The van der Waals surface area contributed by atoms with Crippen LogP contribution in [0.5, 0.6) is 0 Å². The number of H-pyrrole nitrogens is 1. The van der Waals surface area contributed by atoms with Crippen LogP contribution in [0.25, 0.3) is 11.0 Å². The monoisotopic (exact) mass is 357 g/mol. The number of aromatic nitrogens is 2. The Bertz CT molecular complexity index is 842. The van der Waals surface area contributed by atoms with Crippen LogP contribution in [0.2, 0.25) is 0 Å². The molecule has 1 aromatic carbocycles. The molecule has 2 N–H and O–H groups in total. The van der Waals surface area contributed by atoms with E-state index in [4.69, 9.17) is 4.74 Å². The molecule has 138 valence electrons. The van der Waals surface area contributed by atoms with E-state index in [1.165, 1.54) is 0 Å². The lowest BCUT2D eigenvalue weighted by Gasteiger charge is -2.16. The number of fused-ring (bicyclic) bond motifs is 1. The average molecular weight is 357 g/mol. The zero-order valence-electron chi connectivity index (χ0n) is 14.8. The van der Waals surface area contributed by atoms with E-state index in [0.717, 1.165) is 29.4 Å². The van der Waals surface area contributed by atoms with Crippen LogP contribution in [0.1, 0.15) is 24.2 Å². The van der Waals surface area contributed by atoms with Crippen molar-refractivity contribution in [3.05, 3.63) is 29.6 Å². The van der Waals surface area contributed by atoms with Gasteiger partial charge < -0.3 is 19.7 Å². The second-order valence-electron chi connectivity index (χ2n) is 7.44. The number of hydrogen-bond donors (Lipinski definition) is 2. The van der Waals surface area contributed by atoms with E-state index in [9.17, 15) is 14.7 Å². The fourth-order valence-electron chi connectivity index (χ4n) is 3.87. The van der Waals surface area contributed by atoms with Gasteiger partial charge in [0.2, 0.25) is 5.91 Å². The number of imidazole rings is 1. The van der Waals surface area contributed by atoms with Crippen molar-refractivity contribution in [1.82, 2.24) is 14.9 Å². The third-order valence-corrected chi connectivity index (χ3v) is 5.41. The maximum Gasteiger partial charge on any atom is 0.308 e. The number of ether oxygens (including phenoxy) is 1. The molecule has 2 aliphatic rings. The number of carbonyl (C=O) groups is 2.